The number of rotatable bonds is 5. The molecule has 0 unspecified atom stereocenters. The Balaban J connectivity index is 1.43. The van der Waals surface area contributed by atoms with Crippen molar-refractivity contribution in [1.29, 1.82) is 0 Å². The summed E-state index contributed by atoms with van der Waals surface area (Å²) < 4.78 is 35.1. The second-order valence-electron chi connectivity index (χ2n) is 10.1. The highest BCUT2D eigenvalue weighted by Crippen LogP contribution is 2.44. The smallest absolute Gasteiger partial charge is 0.216 e. The lowest BCUT2D eigenvalue weighted by molar-refractivity contribution is 0.207. The van der Waals surface area contributed by atoms with Crippen molar-refractivity contribution in [3.8, 4) is 34.1 Å². The van der Waals surface area contributed by atoms with Gasteiger partial charge in [-0.25, -0.2) is 18.7 Å². The molecule has 0 amide bonds. The van der Waals surface area contributed by atoms with E-state index < -0.39 is 17.4 Å². The predicted octanol–water partition coefficient (Wildman–Crippen LogP) is 4.09. The molecule has 2 aliphatic rings. The molecule has 35 heavy (non-hydrogen) atoms. The van der Waals surface area contributed by atoms with E-state index in [1.165, 1.54) is 19.5 Å². The van der Waals surface area contributed by atoms with Crippen LogP contribution in [0.4, 0.5) is 14.6 Å². The van der Waals surface area contributed by atoms with Crippen LogP contribution in [0.1, 0.15) is 39.5 Å². The minimum Gasteiger partial charge on any atom is -0.507 e. The molecule has 2 N–H and O–H groups in total. The third kappa shape index (κ3) is 4.16. The fourth-order valence-corrected chi connectivity index (χ4v) is 5.57. The number of phenolic OH excluding ortho intramolecular Hbond substituents is 1. The molecule has 4 heterocycles. The fourth-order valence-electron chi connectivity index (χ4n) is 5.57. The molecule has 0 saturated carbocycles. The number of ether oxygens (including phenoxy) is 1. The predicted molar refractivity (Wildman–Crippen MR) is 127 cm³/mol. The standard InChI is InChI=1S/C25H28F2N6O2/c1-24-7-8-25(2,32-24)12-14(11-24)33(3)19-6-5-16(30-31-19)21-18(34)9-15(22(26)23(21)27)17-10-20(35-4)29-13-28-17/h5-6,9-10,13-14,32,34H,7-8,11-12H2,1-4H3/t14-,24-,25+. The number of nitrogens with one attached hydrogen (secondary N) is 1. The van der Waals surface area contributed by atoms with Gasteiger partial charge in [0, 0.05) is 35.8 Å². The molecular weight excluding hydrogens is 454 g/mol. The zero-order valence-electron chi connectivity index (χ0n) is 20.1. The van der Waals surface area contributed by atoms with E-state index in [1.807, 2.05) is 7.05 Å². The molecule has 2 saturated heterocycles. The average Bonchev–Trinajstić information content (AvgIpc) is 3.07. The van der Waals surface area contributed by atoms with E-state index >= 15 is 8.78 Å². The largest absolute Gasteiger partial charge is 0.507 e. The van der Waals surface area contributed by atoms with Crippen molar-refractivity contribution >= 4 is 5.82 Å². The highest BCUT2D eigenvalue weighted by atomic mass is 19.2. The highest BCUT2D eigenvalue weighted by Gasteiger charge is 2.49. The van der Waals surface area contributed by atoms with Gasteiger partial charge in [0.2, 0.25) is 5.88 Å². The summed E-state index contributed by atoms with van der Waals surface area (Å²) in [5.41, 5.74) is -0.253. The zero-order valence-corrected chi connectivity index (χ0v) is 20.1. The van der Waals surface area contributed by atoms with Crippen molar-refractivity contribution < 1.29 is 18.6 Å². The number of benzene rings is 1. The van der Waals surface area contributed by atoms with Gasteiger partial charge in [-0.2, -0.15) is 0 Å². The first-order chi connectivity index (χ1) is 16.6. The van der Waals surface area contributed by atoms with Crippen LogP contribution in [0.25, 0.3) is 22.5 Å². The number of phenols is 1. The summed E-state index contributed by atoms with van der Waals surface area (Å²) in [7, 11) is 3.38. The molecule has 10 heteroatoms. The highest BCUT2D eigenvalue weighted by molar-refractivity contribution is 5.74. The number of aromatic hydroxyl groups is 1. The summed E-state index contributed by atoms with van der Waals surface area (Å²) >= 11 is 0. The lowest BCUT2D eigenvalue weighted by Crippen LogP contribution is -2.58. The second kappa shape index (κ2) is 8.37. The number of hydrogen-bond donors (Lipinski definition) is 2. The summed E-state index contributed by atoms with van der Waals surface area (Å²) in [5, 5.41) is 22.7. The molecule has 2 bridgehead atoms. The molecule has 2 fully saturated rings. The van der Waals surface area contributed by atoms with Crippen molar-refractivity contribution in [2.75, 3.05) is 19.1 Å². The van der Waals surface area contributed by atoms with E-state index in [2.05, 4.69) is 44.2 Å². The molecular formula is C25H28F2N6O2. The Bertz CT molecular complexity index is 1260. The van der Waals surface area contributed by atoms with Crippen LogP contribution >= 0.6 is 0 Å². The zero-order chi connectivity index (χ0) is 25.0. The number of piperidine rings is 1. The lowest BCUT2D eigenvalue weighted by Gasteiger charge is -2.45. The van der Waals surface area contributed by atoms with Crippen LogP contribution in [0.15, 0.2) is 30.6 Å². The van der Waals surface area contributed by atoms with E-state index in [4.69, 9.17) is 4.74 Å². The number of nitrogens with zero attached hydrogens (tertiary/aromatic N) is 5. The van der Waals surface area contributed by atoms with Gasteiger partial charge in [-0.3, -0.25) is 0 Å². The number of hydrogen-bond acceptors (Lipinski definition) is 8. The maximum Gasteiger partial charge on any atom is 0.216 e. The van der Waals surface area contributed by atoms with Gasteiger partial charge >= 0.3 is 0 Å². The van der Waals surface area contributed by atoms with Crippen LogP contribution in [-0.2, 0) is 0 Å². The summed E-state index contributed by atoms with van der Waals surface area (Å²) in [6, 6.07) is 6.01. The number of aromatic nitrogens is 4. The molecule has 184 valence electrons. The first-order valence-corrected chi connectivity index (χ1v) is 11.5. The third-order valence-electron chi connectivity index (χ3n) is 7.33. The van der Waals surface area contributed by atoms with Gasteiger partial charge in [-0.15, -0.1) is 10.2 Å². The Morgan fingerprint density at radius 3 is 2.37 bits per heavy atom. The van der Waals surface area contributed by atoms with E-state index in [0.29, 0.717) is 5.82 Å². The molecule has 0 spiro atoms. The number of fused-ring (bicyclic) bond motifs is 2. The molecule has 1 aromatic carbocycles. The van der Waals surface area contributed by atoms with Crippen LogP contribution in [0, 0.1) is 11.6 Å². The van der Waals surface area contributed by atoms with Gasteiger partial charge in [0.15, 0.2) is 17.5 Å². The third-order valence-corrected chi connectivity index (χ3v) is 7.33. The first kappa shape index (κ1) is 23.3. The minimum absolute atomic E-state index is 0.0344. The van der Waals surface area contributed by atoms with E-state index in [-0.39, 0.29) is 45.5 Å². The first-order valence-electron chi connectivity index (χ1n) is 11.5. The monoisotopic (exact) mass is 482 g/mol. The van der Waals surface area contributed by atoms with Crippen molar-refractivity contribution in [1.82, 2.24) is 25.5 Å². The summed E-state index contributed by atoms with van der Waals surface area (Å²) in [6.45, 7) is 4.52. The summed E-state index contributed by atoms with van der Waals surface area (Å²) in [4.78, 5) is 9.92. The van der Waals surface area contributed by atoms with Gasteiger partial charge in [0.1, 0.15) is 12.1 Å². The summed E-state index contributed by atoms with van der Waals surface area (Å²) in [6.07, 6.45) is 5.42. The van der Waals surface area contributed by atoms with Crippen LogP contribution in [-0.4, -0.2) is 56.5 Å². The van der Waals surface area contributed by atoms with E-state index in [9.17, 15) is 5.11 Å². The Labute approximate surface area is 202 Å². The van der Waals surface area contributed by atoms with Gasteiger partial charge in [-0.05, 0) is 57.7 Å². The number of anilines is 1. The maximum atomic E-state index is 15.1. The van der Waals surface area contributed by atoms with Gasteiger partial charge in [0.25, 0.3) is 0 Å². The summed E-state index contributed by atoms with van der Waals surface area (Å²) in [5.74, 6) is -2.04. The molecule has 8 nitrogen and oxygen atoms in total. The molecule has 2 aliphatic heterocycles. The molecule has 0 radical (unpaired) electrons. The lowest BCUT2D eigenvalue weighted by atomic mass is 9.84. The second-order valence-corrected chi connectivity index (χ2v) is 10.1. The van der Waals surface area contributed by atoms with E-state index in [0.717, 1.165) is 31.7 Å². The van der Waals surface area contributed by atoms with Crippen LogP contribution < -0.4 is 15.0 Å². The molecule has 3 aromatic rings. The maximum absolute atomic E-state index is 15.1. The average molecular weight is 483 g/mol. The van der Waals surface area contributed by atoms with Gasteiger partial charge in [-0.1, -0.05) is 0 Å². The van der Waals surface area contributed by atoms with Crippen LogP contribution in [0.5, 0.6) is 11.6 Å². The normalized spacial score (nSPS) is 25.5. The molecule has 5 rings (SSSR count). The van der Waals surface area contributed by atoms with Crippen molar-refractivity contribution in [3.63, 3.8) is 0 Å². The van der Waals surface area contributed by atoms with E-state index in [1.54, 1.807) is 12.1 Å². The Morgan fingerprint density at radius 2 is 1.74 bits per heavy atom. The Morgan fingerprint density at radius 1 is 1.03 bits per heavy atom. The molecule has 0 aliphatic carbocycles. The quantitative estimate of drug-likeness (QED) is 0.561. The SMILES string of the molecule is COc1cc(-c2cc(O)c(-c3ccc(N(C)[C@H]4C[C@]5(C)CC[C@](C)(C4)N5)nn3)c(F)c2F)ncn1. The Kier molecular flexibility index (Phi) is 5.58. The topological polar surface area (TPSA) is 96.3 Å². The molecule has 2 aromatic heterocycles. The van der Waals surface area contributed by atoms with Crippen molar-refractivity contribution in [3.05, 3.63) is 42.2 Å². The fraction of sp³-hybridized carbons (Fsp3) is 0.440. The Hall–Kier alpha value is -3.40. The van der Waals surface area contributed by atoms with Crippen molar-refractivity contribution in [2.45, 2.75) is 56.7 Å². The van der Waals surface area contributed by atoms with Crippen LogP contribution in [0.2, 0.25) is 0 Å². The van der Waals surface area contributed by atoms with Gasteiger partial charge in [0.05, 0.1) is 24.1 Å². The van der Waals surface area contributed by atoms with Crippen molar-refractivity contribution in [2.24, 2.45) is 0 Å². The van der Waals surface area contributed by atoms with Crippen LogP contribution in [0.3, 0.4) is 0 Å². The number of methoxy groups -OCH3 is 1. The minimum atomic E-state index is -1.23. The van der Waals surface area contributed by atoms with Gasteiger partial charge < -0.3 is 20.1 Å². The molecule has 3 atom stereocenters. The number of halogens is 2.